The summed E-state index contributed by atoms with van der Waals surface area (Å²) in [6.07, 6.45) is 5.03. The Bertz CT molecular complexity index is 603. The monoisotopic (exact) mass is 345 g/mol. The van der Waals surface area contributed by atoms with E-state index in [1.54, 1.807) is 0 Å². The zero-order valence-corrected chi connectivity index (χ0v) is 15.9. The molecule has 2 saturated heterocycles. The van der Waals surface area contributed by atoms with Gasteiger partial charge in [0, 0.05) is 24.9 Å². The zero-order valence-electron chi connectivity index (χ0n) is 15.9. The molecule has 4 heteroatoms. The third-order valence-electron chi connectivity index (χ3n) is 5.40. The van der Waals surface area contributed by atoms with Crippen molar-refractivity contribution in [2.45, 2.75) is 89.5 Å². The van der Waals surface area contributed by atoms with Crippen LogP contribution >= 0.6 is 0 Å². The van der Waals surface area contributed by atoms with Crippen LogP contribution in [0.4, 0.5) is 4.79 Å². The van der Waals surface area contributed by atoms with Gasteiger partial charge in [-0.3, -0.25) is 0 Å². The molecule has 138 valence electrons. The molecule has 1 aromatic rings. The fourth-order valence-electron chi connectivity index (χ4n) is 4.34. The van der Waals surface area contributed by atoms with E-state index >= 15 is 0 Å². The van der Waals surface area contributed by atoms with E-state index in [-0.39, 0.29) is 18.2 Å². The molecule has 0 aromatic heterocycles. The highest BCUT2D eigenvalue weighted by molar-refractivity contribution is 5.69. The normalized spacial score (nSPS) is 28.9. The number of benzene rings is 1. The van der Waals surface area contributed by atoms with Crippen molar-refractivity contribution < 1.29 is 14.6 Å². The Balaban J connectivity index is 1.75. The minimum atomic E-state index is -0.838. The van der Waals surface area contributed by atoms with E-state index in [1.165, 1.54) is 5.56 Å². The molecule has 2 atom stereocenters. The van der Waals surface area contributed by atoms with Gasteiger partial charge < -0.3 is 14.7 Å². The summed E-state index contributed by atoms with van der Waals surface area (Å²) < 4.78 is 5.58. The average molecular weight is 345 g/mol. The summed E-state index contributed by atoms with van der Waals surface area (Å²) in [5.41, 5.74) is 0.964. The summed E-state index contributed by atoms with van der Waals surface area (Å²) in [6, 6.07) is 8.50. The smallest absolute Gasteiger partial charge is 0.410 e. The molecule has 0 saturated carbocycles. The number of carbonyl (C=O) groups excluding carboxylic acids is 1. The Morgan fingerprint density at radius 2 is 1.76 bits per heavy atom. The molecule has 3 rings (SSSR count). The molecule has 1 amide bonds. The highest BCUT2D eigenvalue weighted by Gasteiger charge is 2.51. The van der Waals surface area contributed by atoms with Gasteiger partial charge in [0.1, 0.15) is 5.60 Å². The summed E-state index contributed by atoms with van der Waals surface area (Å²) in [5.74, 6) is 0. The summed E-state index contributed by atoms with van der Waals surface area (Å²) in [4.78, 5) is 14.4. The molecule has 2 fully saturated rings. The predicted molar refractivity (Wildman–Crippen MR) is 98.5 cm³/mol. The number of aryl methyl sites for hydroxylation is 1. The molecule has 1 N–H and O–H groups in total. The van der Waals surface area contributed by atoms with Gasteiger partial charge in [0.05, 0.1) is 5.60 Å². The molecule has 25 heavy (non-hydrogen) atoms. The first kappa shape index (κ1) is 18.2. The molecule has 4 nitrogen and oxygen atoms in total. The number of ether oxygens (including phenoxy) is 1. The van der Waals surface area contributed by atoms with Crippen LogP contribution in [0.5, 0.6) is 0 Å². The highest BCUT2D eigenvalue weighted by Crippen LogP contribution is 2.46. The van der Waals surface area contributed by atoms with Gasteiger partial charge in [-0.2, -0.15) is 0 Å². The average Bonchev–Trinajstić information content (AvgIpc) is 2.79. The number of hydrogen-bond donors (Lipinski definition) is 1. The first-order valence-corrected chi connectivity index (χ1v) is 9.55. The van der Waals surface area contributed by atoms with E-state index in [0.717, 1.165) is 31.2 Å². The van der Waals surface area contributed by atoms with Crippen LogP contribution in [0.2, 0.25) is 0 Å². The van der Waals surface area contributed by atoms with E-state index in [4.69, 9.17) is 4.74 Å². The number of rotatable bonds is 3. The van der Waals surface area contributed by atoms with Crippen molar-refractivity contribution in [3.63, 3.8) is 0 Å². The SMILES string of the molecule is CCCc1ccc(C2(O)CC3CCC(C2)N3C(=O)OC(C)(C)C)cc1. The van der Waals surface area contributed by atoms with Crippen LogP contribution in [0.3, 0.4) is 0 Å². The number of fused-ring (bicyclic) bond motifs is 2. The molecule has 2 heterocycles. The minimum absolute atomic E-state index is 0.0638. The van der Waals surface area contributed by atoms with Crippen LogP contribution in [-0.4, -0.2) is 33.8 Å². The second-order valence-electron chi connectivity index (χ2n) is 8.66. The van der Waals surface area contributed by atoms with Gasteiger partial charge in [0.15, 0.2) is 0 Å². The molecule has 2 unspecified atom stereocenters. The Labute approximate surface area is 151 Å². The van der Waals surface area contributed by atoms with Crippen molar-refractivity contribution in [3.05, 3.63) is 35.4 Å². The molecule has 0 radical (unpaired) electrons. The molecular formula is C21H31NO3. The highest BCUT2D eigenvalue weighted by atomic mass is 16.6. The fraction of sp³-hybridized carbons (Fsp3) is 0.667. The van der Waals surface area contributed by atoms with Gasteiger partial charge in [0.25, 0.3) is 0 Å². The Morgan fingerprint density at radius 3 is 2.24 bits per heavy atom. The van der Waals surface area contributed by atoms with E-state index in [0.29, 0.717) is 12.8 Å². The van der Waals surface area contributed by atoms with Crippen molar-refractivity contribution >= 4 is 6.09 Å². The van der Waals surface area contributed by atoms with Gasteiger partial charge >= 0.3 is 6.09 Å². The van der Waals surface area contributed by atoms with Gasteiger partial charge in [0.2, 0.25) is 0 Å². The summed E-state index contributed by atoms with van der Waals surface area (Å²) >= 11 is 0. The number of amides is 1. The van der Waals surface area contributed by atoms with Crippen LogP contribution in [0.25, 0.3) is 0 Å². The lowest BCUT2D eigenvalue weighted by Gasteiger charge is -2.44. The Hall–Kier alpha value is -1.55. The van der Waals surface area contributed by atoms with Crippen molar-refractivity contribution in [2.24, 2.45) is 0 Å². The van der Waals surface area contributed by atoms with E-state index in [1.807, 2.05) is 25.7 Å². The lowest BCUT2D eigenvalue weighted by Crippen LogP contribution is -2.53. The van der Waals surface area contributed by atoms with E-state index in [9.17, 15) is 9.90 Å². The Morgan fingerprint density at radius 1 is 1.20 bits per heavy atom. The van der Waals surface area contributed by atoms with Gasteiger partial charge in [-0.1, -0.05) is 37.6 Å². The van der Waals surface area contributed by atoms with Gasteiger partial charge in [-0.25, -0.2) is 4.79 Å². The molecule has 1 aromatic carbocycles. The van der Waals surface area contributed by atoms with E-state index < -0.39 is 11.2 Å². The quantitative estimate of drug-likeness (QED) is 0.884. The maximum Gasteiger partial charge on any atom is 0.410 e. The second kappa shape index (κ2) is 6.64. The lowest BCUT2D eigenvalue weighted by molar-refractivity contribution is -0.0624. The standard InChI is InChI=1S/C21H31NO3/c1-5-6-15-7-9-16(10-8-15)21(24)13-17-11-12-18(14-21)22(17)19(23)25-20(2,3)4/h7-10,17-18,24H,5-6,11-14H2,1-4H3. The molecule has 0 spiro atoms. The first-order valence-electron chi connectivity index (χ1n) is 9.55. The van der Waals surface area contributed by atoms with Gasteiger partial charge in [-0.05, 0) is 51.2 Å². The Kier molecular flexibility index (Phi) is 4.84. The topological polar surface area (TPSA) is 49.8 Å². The van der Waals surface area contributed by atoms with Crippen LogP contribution < -0.4 is 0 Å². The number of hydrogen-bond acceptors (Lipinski definition) is 3. The third-order valence-corrected chi connectivity index (χ3v) is 5.40. The predicted octanol–water partition coefficient (Wildman–Crippen LogP) is 4.39. The van der Waals surface area contributed by atoms with Crippen molar-refractivity contribution in [1.29, 1.82) is 0 Å². The van der Waals surface area contributed by atoms with Crippen LogP contribution in [0.15, 0.2) is 24.3 Å². The summed E-state index contributed by atoms with van der Waals surface area (Å²) in [5, 5.41) is 11.3. The molecule has 2 aliphatic heterocycles. The lowest BCUT2D eigenvalue weighted by atomic mass is 9.80. The minimum Gasteiger partial charge on any atom is -0.444 e. The first-order chi connectivity index (χ1) is 11.7. The maximum atomic E-state index is 12.6. The second-order valence-corrected chi connectivity index (χ2v) is 8.66. The number of nitrogens with zero attached hydrogens (tertiary/aromatic N) is 1. The van der Waals surface area contributed by atoms with Crippen molar-refractivity contribution in [1.82, 2.24) is 4.90 Å². The number of carbonyl (C=O) groups is 1. The molecular weight excluding hydrogens is 314 g/mol. The maximum absolute atomic E-state index is 12.6. The van der Waals surface area contributed by atoms with Crippen molar-refractivity contribution in [2.75, 3.05) is 0 Å². The van der Waals surface area contributed by atoms with Crippen LogP contribution in [0.1, 0.15) is 70.9 Å². The van der Waals surface area contributed by atoms with E-state index in [2.05, 4.69) is 31.2 Å². The largest absolute Gasteiger partial charge is 0.444 e. The van der Waals surface area contributed by atoms with Crippen LogP contribution in [0, 0.1) is 0 Å². The molecule has 2 aliphatic rings. The summed E-state index contributed by atoms with van der Waals surface area (Å²) in [6.45, 7) is 7.85. The van der Waals surface area contributed by atoms with Gasteiger partial charge in [-0.15, -0.1) is 0 Å². The van der Waals surface area contributed by atoms with Crippen LogP contribution in [-0.2, 0) is 16.8 Å². The van der Waals surface area contributed by atoms with Crippen molar-refractivity contribution in [3.8, 4) is 0 Å². The molecule has 2 bridgehead atoms. The number of piperidine rings is 1. The number of aliphatic hydroxyl groups is 1. The third kappa shape index (κ3) is 3.84. The summed E-state index contributed by atoms with van der Waals surface area (Å²) in [7, 11) is 0. The zero-order chi connectivity index (χ0) is 18.2. The molecule has 0 aliphatic carbocycles. The fourth-order valence-corrected chi connectivity index (χ4v) is 4.34.